The van der Waals surface area contributed by atoms with Crippen LogP contribution < -0.4 is 5.32 Å². The molecule has 0 saturated carbocycles. The van der Waals surface area contributed by atoms with Crippen LogP contribution in [0.1, 0.15) is 45.4 Å². The van der Waals surface area contributed by atoms with Gasteiger partial charge in [0.05, 0.1) is 17.9 Å². The maximum atomic E-state index is 13.7. The van der Waals surface area contributed by atoms with E-state index in [0.29, 0.717) is 29.8 Å². The zero-order chi connectivity index (χ0) is 21.3. The van der Waals surface area contributed by atoms with Gasteiger partial charge in [0.15, 0.2) is 17.3 Å². The SMILES string of the molecule is CCOC(=O)c1cccc(NC(=O)c2nn(-c3ccc(F)c(F)c3)c3c2CCC3)c1. The first-order valence-electron chi connectivity index (χ1n) is 9.62. The number of fused-ring (bicyclic) bond motifs is 1. The number of rotatable bonds is 5. The van der Waals surface area contributed by atoms with Gasteiger partial charge in [-0.1, -0.05) is 6.07 Å². The minimum absolute atomic E-state index is 0.230. The average Bonchev–Trinajstić information content (AvgIpc) is 3.33. The van der Waals surface area contributed by atoms with Gasteiger partial charge >= 0.3 is 5.97 Å². The normalized spacial score (nSPS) is 12.5. The number of ether oxygens (including phenoxy) is 1. The van der Waals surface area contributed by atoms with Crippen LogP contribution in [0, 0.1) is 11.6 Å². The molecule has 30 heavy (non-hydrogen) atoms. The van der Waals surface area contributed by atoms with Crippen LogP contribution in [0.3, 0.4) is 0 Å². The monoisotopic (exact) mass is 411 g/mol. The van der Waals surface area contributed by atoms with Gasteiger partial charge in [0, 0.05) is 23.0 Å². The number of carbonyl (C=O) groups is 2. The van der Waals surface area contributed by atoms with E-state index in [9.17, 15) is 18.4 Å². The molecule has 0 fully saturated rings. The molecule has 3 aromatic rings. The van der Waals surface area contributed by atoms with E-state index < -0.39 is 23.5 Å². The van der Waals surface area contributed by atoms with E-state index in [-0.39, 0.29) is 12.3 Å². The van der Waals surface area contributed by atoms with Crippen LogP contribution >= 0.6 is 0 Å². The molecule has 1 aromatic heterocycles. The molecule has 0 radical (unpaired) electrons. The summed E-state index contributed by atoms with van der Waals surface area (Å²) in [5.41, 5.74) is 2.95. The van der Waals surface area contributed by atoms with Crippen LogP contribution in [0.4, 0.5) is 14.5 Å². The molecule has 2 aromatic carbocycles. The highest BCUT2D eigenvalue weighted by atomic mass is 19.2. The zero-order valence-corrected chi connectivity index (χ0v) is 16.2. The van der Waals surface area contributed by atoms with Crippen LogP contribution in [0.2, 0.25) is 0 Å². The Morgan fingerprint density at radius 1 is 1.13 bits per heavy atom. The number of hydrogen-bond donors (Lipinski definition) is 1. The fraction of sp³-hybridized carbons (Fsp3) is 0.227. The number of esters is 1. The van der Waals surface area contributed by atoms with E-state index >= 15 is 0 Å². The molecule has 1 amide bonds. The highest BCUT2D eigenvalue weighted by molar-refractivity contribution is 6.04. The first-order valence-corrected chi connectivity index (χ1v) is 9.62. The molecule has 0 unspecified atom stereocenters. The molecule has 1 aliphatic carbocycles. The van der Waals surface area contributed by atoms with Crippen molar-refractivity contribution in [3.05, 3.63) is 76.6 Å². The molecule has 4 rings (SSSR count). The van der Waals surface area contributed by atoms with Gasteiger partial charge in [-0.2, -0.15) is 5.10 Å². The summed E-state index contributed by atoms with van der Waals surface area (Å²) in [4.78, 5) is 24.8. The Balaban J connectivity index is 1.63. The van der Waals surface area contributed by atoms with E-state index in [1.807, 2.05) is 0 Å². The van der Waals surface area contributed by atoms with E-state index in [1.54, 1.807) is 25.1 Å². The van der Waals surface area contributed by atoms with Crippen molar-refractivity contribution in [2.45, 2.75) is 26.2 Å². The first-order chi connectivity index (χ1) is 14.5. The molecule has 0 spiro atoms. The number of aromatic nitrogens is 2. The quantitative estimate of drug-likeness (QED) is 0.643. The number of carbonyl (C=O) groups excluding carboxylic acids is 2. The van der Waals surface area contributed by atoms with Crippen LogP contribution in [0.15, 0.2) is 42.5 Å². The second-order valence-corrected chi connectivity index (χ2v) is 6.89. The third-order valence-corrected chi connectivity index (χ3v) is 4.92. The van der Waals surface area contributed by atoms with Crippen LogP contribution in [-0.4, -0.2) is 28.3 Å². The molecule has 1 heterocycles. The van der Waals surface area contributed by atoms with Crippen molar-refractivity contribution in [3.8, 4) is 5.69 Å². The third-order valence-electron chi connectivity index (χ3n) is 4.92. The molecule has 0 atom stereocenters. The topological polar surface area (TPSA) is 73.2 Å². The van der Waals surface area contributed by atoms with Crippen LogP contribution in [0.25, 0.3) is 5.69 Å². The predicted octanol–water partition coefficient (Wildman–Crippen LogP) is 4.07. The van der Waals surface area contributed by atoms with Crippen molar-refractivity contribution in [1.82, 2.24) is 9.78 Å². The Hall–Kier alpha value is -3.55. The molecular formula is C22H19F2N3O3. The second kappa shape index (κ2) is 8.06. The van der Waals surface area contributed by atoms with Gasteiger partial charge in [-0.3, -0.25) is 4.79 Å². The zero-order valence-electron chi connectivity index (χ0n) is 16.2. The fourth-order valence-electron chi connectivity index (χ4n) is 3.58. The minimum atomic E-state index is -0.975. The van der Waals surface area contributed by atoms with Gasteiger partial charge in [0.2, 0.25) is 0 Å². The molecule has 6 nitrogen and oxygen atoms in total. The Morgan fingerprint density at radius 3 is 2.73 bits per heavy atom. The van der Waals surface area contributed by atoms with Crippen molar-refractivity contribution in [3.63, 3.8) is 0 Å². The van der Waals surface area contributed by atoms with Crippen molar-refractivity contribution in [1.29, 1.82) is 0 Å². The molecule has 154 valence electrons. The summed E-state index contributed by atoms with van der Waals surface area (Å²) >= 11 is 0. The summed E-state index contributed by atoms with van der Waals surface area (Å²) in [7, 11) is 0. The molecule has 8 heteroatoms. The number of hydrogen-bond acceptors (Lipinski definition) is 4. The van der Waals surface area contributed by atoms with Crippen molar-refractivity contribution >= 4 is 17.6 Å². The van der Waals surface area contributed by atoms with Crippen molar-refractivity contribution in [2.75, 3.05) is 11.9 Å². The second-order valence-electron chi connectivity index (χ2n) is 6.89. The summed E-state index contributed by atoms with van der Waals surface area (Å²) in [6.45, 7) is 1.97. The largest absolute Gasteiger partial charge is 0.462 e. The summed E-state index contributed by atoms with van der Waals surface area (Å²) in [6.07, 6.45) is 2.20. The number of amides is 1. The summed E-state index contributed by atoms with van der Waals surface area (Å²) in [5, 5.41) is 7.13. The van der Waals surface area contributed by atoms with Gasteiger partial charge in [0.1, 0.15) is 0 Å². The molecule has 1 aliphatic rings. The minimum Gasteiger partial charge on any atom is -0.462 e. The standard InChI is InChI=1S/C22H19F2N3O3/c1-2-30-22(29)13-5-3-6-14(11-13)25-21(28)20-16-7-4-8-19(16)27(26-20)15-9-10-17(23)18(24)12-15/h3,5-6,9-12H,2,4,7-8H2,1H3,(H,25,28). The predicted molar refractivity (Wildman–Crippen MR) is 106 cm³/mol. The lowest BCUT2D eigenvalue weighted by Gasteiger charge is -2.07. The number of nitrogens with zero attached hydrogens (tertiary/aromatic N) is 2. The van der Waals surface area contributed by atoms with Gasteiger partial charge < -0.3 is 10.1 Å². The number of anilines is 1. The lowest BCUT2D eigenvalue weighted by atomic mass is 10.1. The van der Waals surface area contributed by atoms with Crippen LogP contribution in [0.5, 0.6) is 0 Å². The smallest absolute Gasteiger partial charge is 0.338 e. The average molecular weight is 411 g/mol. The summed E-state index contributed by atoms with van der Waals surface area (Å²) in [6, 6.07) is 9.96. The molecule has 0 bridgehead atoms. The highest BCUT2D eigenvalue weighted by Gasteiger charge is 2.27. The Kier molecular flexibility index (Phi) is 5.31. The lowest BCUT2D eigenvalue weighted by Crippen LogP contribution is -2.15. The Labute approximate surface area is 171 Å². The van der Waals surface area contributed by atoms with E-state index in [2.05, 4.69) is 10.4 Å². The highest BCUT2D eigenvalue weighted by Crippen LogP contribution is 2.29. The van der Waals surface area contributed by atoms with Gasteiger partial charge in [-0.05, 0) is 56.5 Å². The fourth-order valence-corrected chi connectivity index (χ4v) is 3.58. The molecule has 0 saturated heterocycles. The Bertz CT molecular complexity index is 1140. The third kappa shape index (κ3) is 3.68. The van der Waals surface area contributed by atoms with Crippen LogP contribution in [-0.2, 0) is 17.6 Å². The first kappa shape index (κ1) is 19.8. The van der Waals surface area contributed by atoms with E-state index in [4.69, 9.17) is 4.74 Å². The maximum Gasteiger partial charge on any atom is 0.338 e. The number of nitrogens with one attached hydrogen (secondary N) is 1. The van der Waals surface area contributed by atoms with E-state index in [0.717, 1.165) is 29.8 Å². The maximum absolute atomic E-state index is 13.7. The Morgan fingerprint density at radius 2 is 1.97 bits per heavy atom. The van der Waals surface area contributed by atoms with Gasteiger partial charge in [0.25, 0.3) is 5.91 Å². The van der Waals surface area contributed by atoms with Crippen molar-refractivity contribution < 1.29 is 23.1 Å². The number of halogens is 2. The lowest BCUT2D eigenvalue weighted by molar-refractivity contribution is 0.0526. The van der Waals surface area contributed by atoms with Gasteiger partial charge in [-0.25, -0.2) is 18.3 Å². The summed E-state index contributed by atoms with van der Waals surface area (Å²) in [5.74, 6) is -2.83. The number of benzene rings is 2. The molecular weight excluding hydrogens is 392 g/mol. The van der Waals surface area contributed by atoms with Gasteiger partial charge in [-0.15, -0.1) is 0 Å². The summed E-state index contributed by atoms with van der Waals surface area (Å²) < 4.78 is 33.5. The molecule has 1 N–H and O–H groups in total. The molecule has 0 aliphatic heterocycles. The van der Waals surface area contributed by atoms with E-state index in [1.165, 1.54) is 16.8 Å². The van der Waals surface area contributed by atoms with Crippen molar-refractivity contribution in [2.24, 2.45) is 0 Å².